The summed E-state index contributed by atoms with van der Waals surface area (Å²) in [5.74, 6) is 9.41. The topological polar surface area (TPSA) is 132 Å². The van der Waals surface area contributed by atoms with E-state index < -0.39 is 0 Å². The maximum Gasteiger partial charge on any atom is 0.249 e. The van der Waals surface area contributed by atoms with Crippen molar-refractivity contribution in [2.24, 2.45) is 5.84 Å². The third kappa shape index (κ3) is 10.6. The Kier molecular flexibility index (Phi) is 14.6. The average molecular weight is 636 g/mol. The van der Waals surface area contributed by atoms with Gasteiger partial charge in [0.05, 0.1) is 57.0 Å². The van der Waals surface area contributed by atoms with E-state index in [0.717, 1.165) is 44.6 Å². The van der Waals surface area contributed by atoms with E-state index in [0.29, 0.717) is 86.6 Å². The number of hydrogen-bond donors (Lipinski definition) is 2. The van der Waals surface area contributed by atoms with Gasteiger partial charge in [-0.1, -0.05) is 37.3 Å². The van der Waals surface area contributed by atoms with Gasteiger partial charge < -0.3 is 33.9 Å². The first-order valence-corrected chi connectivity index (χ1v) is 16.3. The van der Waals surface area contributed by atoms with Crippen LogP contribution in [0.5, 0.6) is 5.75 Å². The van der Waals surface area contributed by atoms with Gasteiger partial charge in [0.1, 0.15) is 18.2 Å². The maximum absolute atomic E-state index is 8.68. The quantitative estimate of drug-likeness (QED) is 0.113. The number of likely N-dealkylation sites (tertiary alicyclic amines) is 1. The molecule has 2 aromatic rings. The lowest BCUT2D eigenvalue weighted by atomic mass is 9.99. The summed E-state index contributed by atoms with van der Waals surface area (Å²) in [6.45, 7) is 5.00. The minimum atomic E-state index is 0.0121. The Bertz CT molecular complexity index is 1120. The number of nitrogens with two attached hydrogens (primary N) is 1. The van der Waals surface area contributed by atoms with Crippen molar-refractivity contribution in [2.75, 3.05) is 89.9 Å². The molecule has 1 aromatic heterocycles. The van der Waals surface area contributed by atoms with Crippen molar-refractivity contribution in [2.45, 2.75) is 63.3 Å². The second kappa shape index (κ2) is 18.6. The third-order valence-electron chi connectivity index (χ3n) is 8.27. The van der Waals surface area contributed by atoms with Gasteiger partial charge >= 0.3 is 0 Å². The summed E-state index contributed by atoms with van der Waals surface area (Å²) >= 11 is 6.60. The number of aromatic nitrogens is 3. The van der Waals surface area contributed by atoms with Crippen molar-refractivity contribution >= 4 is 29.2 Å². The summed E-state index contributed by atoms with van der Waals surface area (Å²) in [6, 6.07) is 5.78. The summed E-state index contributed by atoms with van der Waals surface area (Å²) < 4.78 is 21.9. The molecular weight excluding hydrogens is 586 g/mol. The molecule has 12 nitrogen and oxygen atoms in total. The van der Waals surface area contributed by atoms with E-state index in [1.807, 2.05) is 6.07 Å². The number of aliphatic hydroxyl groups excluding tert-OH is 1. The smallest absolute Gasteiger partial charge is 0.249 e. The van der Waals surface area contributed by atoms with Gasteiger partial charge in [0, 0.05) is 19.0 Å². The molecule has 1 saturated carbocycles. The molecule has 3 N–H and O–H groups in total. The fourth-order valence-corrected chi connectivity index (χ4v) is 5.82. The Morgan fingerprint density at radius 1 is 0.864 bits per heavy atom. The fraction of sp³-hybridized carbons (Fsp3) is 0.710. The second-order valence-electron chi connectivity index (χ2n) is 11.5. The van der Waals surface area contributed by atoms with Gasteiger partial charge in [-0.15, -0.1) is 0 Å². The highest BCUT2D eigenvalue weighted by Crippen LogP contribution is 2.34. The molecule has 1 aliphatic heterocycles. The van der Waals surface area contributed by atoms with Gasteiger partial charge in [-0.25, -0.2) is 10.9 Å². The van der Waals surface area contributed by atoms with Gasteiger partial charge in [0.25, 0.3) is 0 Å². The third-order valence-corrected chi connectivity index (χ3v) is 8.57. The van der Waals surface area contributed by atoms with Gasteiger partial charge in [-0.05, 0) is 64.0 Å². The van der Waals surface area contributed by atoms with E-state index in [2.05, 4.69) is 23.9 Å². The Morgan fingerprint density at radius 3 is 2.11 bits per heavy atom. The molecule has 246 valence electrons. The molecule has 4 rings (SSSR count). The normalized spacial score (nSPS) is 17.0. The highest BCUT2D eigenvalue weighted by molar-refractivity contribution is 6.32. The number of piperidine rings is 1. The SMILES string of the molecule is CN1CCC(N(C)c2nc(C3CCCCCC3)nc(N(N)c3ccc(OCCOCCOCCOCCO)c(Cl)c3)n2)CC1. The van der Waals surface area contributed by atoms with E-state index >= 15 is 0 Å². The maximum atomic E-state index is 8.68. The molecule has 0 atom stereocenters. The lowest BCUT2D eigenvalue weighted by Crippen LogP contribution is -2.43. The number of rotatable bonds is 17. The minimum Gasteiger partial charge on any atom is -0.490 e. The number of halogens is 1. The summed E-state index contributed by atoms with van der Waals surface area (Å²) in [5, 5.41) is 10.6. The first-order chi connectivity index (χ1) is 21.5. The minimum absolute atomic E-state index is 0.0121. The zero-order valence-corrected chi connectivity index (χ0v) is 27.1. The highest BCUT2D eigenvalue weighted by atomic mass is 35.5. The van der Waals surface area contributed by atoms with Crippen molar-refractivity contribution < 1.29 is 24.1 Å². The number of ether oxygens (including phenoxy) is 4. The van der Waals surface area contributed by atoms with E-state index in [-0.39, 0.29) is 6.61 Å². The Labute approximate surface area is 266 Å². The number of aliphatic hydroxyl groups is 1. The number of benzene rings is 1. The zero-order chi connectivity index (χ0) is 31.1. The Morgan fingerprint density at radius 2 is 1.48 bits per heavy atom. The monoisotopic (exact) mass is 635 g/mol. The number of nitrogens with zero attached hydrogens (tertiary/aromatic N) is 6. The molecule has 2 heterocycles. The molecule has 2 fully saturated rings. The predicted molar refractivity (Wildman–Crippen MR) is 172 cm³/mol. The van der Waals surface area contributed by atoms with Crippen molar-refractivity contribution in [3.05, 3.63) is 29.0 Å². The van der Waals surface area contributed by atoms with E-state index in [9.17, 15) is 0 Å². The summed E-state index contributed by atoms with van der Waals surface area (Å²) in [5.41, 5.74) is 0.657. The molecule has 13 heteroatoms. The number of hydrogen-bond acceptors (Lipinski definition) is 12. The highest BCUT2D eigenvalue weighted by Gasteiger charge is 2.26. The van der Waals surface area contributed by atoms with Crippen molar-refractivity contribution in [1.82, 2.24) is 19.9 Å². The molecule has 0 unspecified atom stereocenters. The van der Waals surface area contributed by atoms with Crippen molar-refractivity contribution in [3.63, 3.8) is 0 Å². The first-order valence-electron chi connectivity index (χ1n) is 15.9. The van der Waals surface area contributed by atoms with Crippen LogP contribution in [0.2, 0.25) is 5.02 Å². The van der Waals surface area contributed by atoms with Crippen molar-refractivity contribution in [3.8, 4) is 5.75 Å². The molecule has 44 heavy (non-hydrogen) atoms. The van der Waals surface area contributed by atoms with Gasteiger partial charge in [0.15, 0.2) is 0 Å². The Hall–Kier alpha value is -2.32. The lowest BCUT2D eigenvalue weighted by molar-refractivity contribution is 0.00361. The molecule has 0 amide bonds. The van der Waals surface area contributed by atoms with E-state index in [1.54, 1.807) is 12.1 Å². The van der Waals surface area contributed by atoms with Crippen LogP contribution < -0.4 is 20.5 Å². The molecule has 1 aromatic carbocycles. The molecule has 0 radical (unpaired) electrons. The molecule has 1 aliphatic carbocycles. The lowest BCUT2D eigenvalue weighted by Gasteiger charge is -2.35. The summed E-state index contributed by atoms with van der Waals surface area (Å²) in [6.07, 6.45) is 9.20. The van der Waals surface area contributed by atoms with Gasteiger partial charge in [0.2, 0.25) is 11.9 Å². The predicted octanol–water partition coefficient (Wildman–Crippen LogP) is 3.93. The summed E-state index contributed by atoms with van der Waals surface area (Å²) in [4.78, 5) is 19.3. The first kappa shape index (κ1) is 34.6. The summed E-state index contributed by atoms with van der Waals surface area (Å²) in [7, 11) is 4.25. The van der Waals surface area contributed by atoms with Gasteiger partial charge in [-0.3, -0.25) is 0 Å². The average Bonchev–Trinajstić information content (AvgIpc) is 3.34. The zero-order valence-electron chi connectivity index (χ0n) is 26.3. The van der Waals surface area contributed by atoms with Crippen LogP contribution in [0.25, 0.3) is 0 Å². The van der Waals surface area contributed by atoms with Crippen LogP contribution >= 0.6 is 11.6 Å². The Balaban J connectivity index is 1.37. The van der Waals surface area contributed by atoms with Crippen LogP contribution in [0.15, 0.2) is 18.2 Å². The van der Waals surface area contributed by atoms with Crippen LogP contribution in [0.3, 0.4) is 0 Å². The van der Waals surface area contributed by atoms with E-state index in [1.165, 1.54) is 30.7 Å². The fourth-order valence-electron chi connectivity index (χ4n) is 5.59. The molecule has 1 saturated heterocycles. The molecular formula is C31H50ClN7O5. The molecule has 0 spiro atoms. The van der Waals surface area contributed by atoms with Crippen molar-refractivity contribution in [1.29, 1.82) is 0 Å². The van der Waals surface area contributed by atoms with E-state index in [4.69, 9.17) is 56.4 Å². The number of anilines is 3. The second-order valence-corrected chi connectivity index (χ2v) is 11.9. The molecule has 2 aliphatic rings. The van der Waals surface area contributed by atoms with Crippen LogP contribution in [-0.4, -0.2) is 111 Å². The van der Waals surface area contributed by atoms with Crippen LogP contribution in [0.4, 0.5) is 17.6 Å². The van der Waals surface area contributed by atoms with Crippen LogP contribution in [-0.2, 0) is 14.2 Å². The van der Waals surface area contributed by atoms with Crippen LogP contribution in [0.1, 0.15) is 63.1 Å². The van der Waals surface area contributed by atoms with Gasteiger partial charge in [-0.2, -0.15) is 15.0 Å². The number of hydrazine groups is 1. The van der Waals surface area contributed by atoms with Crippen LogP contribution in [0, 0.1) is 0 Å². The standard InChI is InChI=1S/C31H50ClN7O5/c1-37-13-11-25(12-14-37)38(2)30-34-29(24-7-5-3-4-6-8-24)35-31(36-30)39(33)26-9-10-28(27(32)23-26)44-22-21-43-20-19-42-18-17-41-16-15-40/h9-10,23-25,40H,3-8,11-22,33H2,1-2H3. The molecule has 0 bridgehead atoms. The largest absolute Gasteiger partial charge is 0.490 e.